The Bertz CT molecular complexity index is 483. The minimum atomic E-state index is -1.24. The van der Waals surface area contributed by atoms with Gasteiger partial charge in [-0.15, -0.1) is 24.0 Å². The Morgan fingerprint density at radius 3 is 2.79 bits per heavy atom. The summed E-state index contributed by atoms with van der Waals surface area (Å²) >= 11 is 5.26. The number of carboxylic acid groups (broad SMARTS) is 1. The molecule has 2 rings (SSSR count). The van der Waals surface area contributed by atoms with Crippen LogP contribution >= 0.6 is 24.0 Å². The molecule has 0 aliphatic heterocycles. The summed E-state index contributed by atoms with van der Waals surface area (Å²) in [4.78, 5) is 15.1. The van der Waals surface area contributed by atoms with Crippen molar-refractivity contribution in [3.8, 4) is 0 Å². The summed E-state index contributed by atoms with van der Waals surface area (Å²) in [6.07, 6.45) is 0. The number of nitrogens with zero attached hydrogens (tertiary/aromatic N) is 1. The van der Waals surface area contributed by atoms with Crippen molar-refractivity contribution in [2.24, 2.45) is 0 Å². The van der Waals surface area contributed by atoms with Gasteiger partial charge in [0.2, 0.25) is 0 Å². The summed E-state index contributed by atoms with van der Waals surface area (Å²) in [5.41, 5.74) is 0.620. The zero-order valence-electron chi connectivity index (χ0n) is 7.35. The largest absolute Gasteiger partial charge is 1.00 e. The van der Waals surface area contributed by atoms with Gasteiger partial charge in [-0.1, -0.05) is 6.07 Å². The molecule has 0 bridgehead atoms. The van der Waals surface area contributed by atoms with E-state index in [9.17, 15) is 9.90 Å². The molecule has 2 aromatic rings. The smallest absolute Gasteiger partial charge is 0.542 e. The number of carbonyl (C=O) groups excluding carboxylic acids is 1. The second-order valence-corrected chi connectivity index (χ2v) is 3.94. The Balaban J connectivity index is 0.000000980. The first-order valence-corrected chi connectivity index (χ1v) is 4.75. The number of thiol groups is 1. The van der Waals surface area contributed by atoms with Gasteiger partial charge in [-0.25, -0.2) is 4.98 Å². The normalized spacial score (nSPS) is 9.79. The van der Waals surface area contributed by atoms with Crippen molar-refractivity contribution in [3.05, 3.63) is 23.2 Å². The summed E-state index contributed by atoms with van der Waals surface area (Å²) in [7, 11) is 0. The van der Waals surface area contributed by atoms with Crippen LogP contribution in [0.25, 0.3) is 10.2 Å². The van der Waals surface area contributed by atoms with Gasteiger partial charge >= 0.3 is 29.6 Å². The van der Waals surface area contributed by atoms with Crippen LogP contribution in [-0.2, 0) is 0 Å². The third-order valence-corrected chi connectivity index (χ3v) is 2.93. The van der Waals surface area contributed by atoms with Crippen LogP contribution < -0.4 is 34.7 Å². The van der Waals surface area contributed by atoms with Gasteiger partial charge in [-0.05, 0) is 12.1 Å². The van der Waals surface area contributed by atoms with Crippen molar-refractivity contribution in [2.45, 2.75) is 4.90 Å². The molecule has 1 aromatic heterocycles. The van der Waals surface area contributed by atoms with Crippen LogP contribution in [0, 0.1) is 0 Å². The van der Waals surface area contributed by atoms with Crippen LogP contribution in [0.5, 0.6) is 0 Å². The topological polar surface area (TPSA) is 53.0 Å². The molecule has 0 saturated carbocycles. The molecule has 1 heterocycles. The van der Waals surface area contributed by atoms with E-state index in [1.807, 2.05) is 6.07 Å². The average Bonchev–Trinajstić information content (AvgIpc) is 2.49. The molecule has 1 aromatic carbocycles. The van der Waals surface area contributed by atoms with Crippen molar-refractivity contribution >= 4 is 40.2 Å². The maximum Gasteiger partial charge on any atom is 1.00 e. The molecule has 66 valence electrons. The number of aromatic carboxylic acids is 1. The maximum absolute atomic E-state index is 10.5. The SMILES string of the molecule is O=C([O-])c1nc2c(S)cccc2s1.[Na+]. The molecule has 0 aliphatic rings. The third-order valence-electron chi connectivity index (χ3n) is 1.57. The van der Waals surface area contributed by atoms with Gasteiger partial charge < -0.3 is 9.90 Å². The van der Waals surface area contributed by atoms with Crippen LogP contribution in [-0.4, -0.2) is 11.0 Å². The van der Waals surface area contributed by atoms with E-state index in [1.54, 1.807) is 12.1 Å². The quantitative estimate of drug-likeness (QED) is 0.456. The molecule has 6 heteroatoms. The monoisotopic (exact) mass is 233 g/mol. The molecule has 0 spiro atoms. The molecule has 0 atom stereocenters. The second-order valence-electron chi connectivity index (χ2n) is 2.43. The van der Waals surface area contributed by atoms with Crippen molar-refractivity contribution in [2.75, 3.05) is 0 Å². The summed E-state index contributed by atoms with van der Waals surface area (Å²) in [5, 5.41) is 10.5. The number of para-hydroxylation sites is 1. The Hall–Kier alpha value is -0.0700. The number of rotatable bonds is 1. The number of aromatic nitrogens is 1. The van der Waals surface area contributed by atoms with E-state index in [0.29, 0.717) is 10.4 Å². The average molecular weight is 233 g/mol. The molecule has 0 aliphatic carbocycles. The van der Waals surface area contributed by atoms with Crippen LogP contribution in [0.1, 0.15) is 9.80 Å². The van der Waals surface area contributed by atoms with E-state index in [0.717, 1.165) is 16.0 Å². The van der Waals surface area contributed by atoms with E-state index in [4.69, 9.17) is 0 Å². The molecule has 0 unspecified atom stereocenters. The van der Waals surface area contributed by atoms with Gasteiger partial charge in [0.15, 0.2) is 0 Å². The fourth-order valence-corrected chi connectivity index (χ4v) is 2.18. The summed E-state index contributed by atoms with van der Waals surface area (Å²) < 4.78 is 0.812. The minimum absolute atomic E-state index is 0. The summed E-state index contributed by atoms with van der Waals surface area (Å²) in [5.74, 6) is -1.24. The minimum Gasteiger partial charge on any atom is -0.542 e. The van der Waals surface area contributed by atoms with Crippen molar-refractivity contribution in [3.63, 3.8) is 0 Å². The Morgan fingerprint density at radius 2 is 2.21 bits per heavy atom. The van der Waals surface area contributed by atoms with Gasteiger partial charge in [0.05, 0.1) is 10.2 Å². The van der Waals surface area contributed by atoms with Crippen LogP contribution in [0.3, 0.4) is 0 Å². The Morgan fingerprint density at radius 1 is 1.50 bits per heavy atom. The molecular formula is C8H4NNaO2S2. The first kappa shape index (κ1) is 12.0. The zero-order valence-corrected chi connectivity index (χ0v) is 11.1. The Labute approximate surface area is 112 Å². The summed E-state index contributed by atoms with van der Waals surface area (Å²) in [6.45, 7) is 0. The second kappa shape index (κ2) is 4.63. The molecule has 0 fully saturated rings. The number of thiazole rings is 1. The molecule has 14 heavy (non-hydrogen) atoms. The number of carbonyl (C=O) groups is 1. The molecule has 0 N–H and O–H groups in total. The van der Waals surface area contributed by atoms with E-state index in [-0.39, 0.29) is 34.6 Å². The number of hydrogen-bond acceptors (Lipinski definition) is 5. The van der Waals surface area contributed by atoms with E-state index in [2.05, 4.69) is 17.6 Å². The van der Waals surface area contributed by atoms with Crippen LogP contribution in [0.15, 0.2) is 23.1 Å². The summed E-state index contributed by atoms with van der Waals surface area (Å²) in [6, 6.07) is 5.38. The van der Waals surface area contributed by atoms with E-state index < -0.39 is 5.97 Å². The van der Waals surface area contributed by atoms with Crippen LogP contribution in [0.4, 0.5) is 0 Å². The first-order valence-electron chi connectivity index (χ1n) is 3.48. The van der Waals surface area contributed by atoms with Crippen molar-refractivity contribution < 1.29 is 39.5 Å². The van der Waals surface area contributed by atoms with Gasteiger partial charge in [0.1, 0.15) is 11.0 Å². The first-order chi connectivity index (χ1) is 6.18. The van der Waals surface area contributed by atoms with Gasteiger partial charge in [0, 0.05) is 4.90 Å². The van der Waals surface area contributed by atoms with Gasteiger partial charge in [0.25, 0.3) is 0 Å². The zero-order chi connectivity index (χ0) is 9.42. The molecule has 0 radical (unpaired) electrons. The molecule has 0 amide bonds. The van der Waals surface area contributed by atoms with Crippen molar-refractivity contribution in [1.82, 2.24) is 4.98 Å². The fourth-order valence-electron chi connectivity index (χ4n) is 1.02. The van der Waals surface area contributed by atoms with Crippen LogP contribution in [0.2, 0.25) is 0 Å². The predicted molar refractivity (Wildman–Crippen MR) is 51.2 cm³/mol. The van der Waals surface area contributed by atoms with Crippen molar-refractivity contribution in [1.29, 1.82) is 0 Å². The number of benzene rings is 1. The number of fused-ring (bicyclic) bond motifs is 1. The molecular weight excluding hydrogens is 229 g/mol. The number of hydrogen-bond donors (Lipinski definition) is 1. The van der Waals surface area contributed by atoms with E-state index >= 15 is 0 Å². The number of carboxylic acids is 1. The fraction of sp³-hybridized carbons (Fsp3) is 0. The molecule has 0 saturated heterocycles. The maximum atomic E-state index is 10.5. The van der Waals surface area contributed by atoms with Gasteiger partial charge in [-0.2, -0.15) is 0 Å². The molecule has 3 nitrogen and oxygen atoms in total. The van der Waals surface area contributed by atoms with E-state index in [1.165, 1.54) is 0 Å². The standard InChI is InChI=1S/C8H5NO2S2.Na/c10-8(11)7-9-6-4(12)2-1-3-5(6)13-7;/h1-3,12H,(H,10,11);/q;+1/p-1. The third kappa shape index (κ3) is 2.12. The predicted octanol–water partition coefficient (Wildman–Crippen LogP) is -2.05. The van der Waals surface area contributed by atoms with Gasteiger partial charge in [-0.3, -0.25) is 0 Å². The Kier molecular flexibility index (Phi) is 3.97.